The topological polar surface area (TPSA) is 19.4 Å². The molecule has 82 valence electrons. The molecule has 15 heavy (non-hydrogen) atoms. The number of halogens is 3. The molecule has 0 saturated heterocycles. The molecule has 0 fully saturated rings. The molecule has 3 nitrogen and oxygen atoms in total. The summed E-state index contributed by atoms with van der Waals surface area (Å²) < 4.78 is 0. The number of pyridine rings is 1. The Hall–Kier alpha value is -0.380. The molecule has 2 rings (SSSR count). The van der Waals surface area contributed by atoms with Crippen LogP contribution in [0.15, 0.2) is 0 Å². The van der Waals surface area contributed by atoms with Gasteiger partial charge < -0.3 is 9.80 Å². The molecule has 0 bridgehead atoms. The molecule has 0 aliphatic carbocycles. The number of likely N-dealkylation sites (N-methyl/N-ethyl adjacent to an activating group) is 2. The van der Waals surface area contributed by atoms with Gasteiger partial charge in [-0.1, -0.05) is 34.8 Å². The van der Waals surface area contributed by atoms with Gasteiger partial charge in [-0.25, -0.2) is 4.98 Å². The molecule has 0 saturated carbocycles. The van der Waals surface area contributed by atoms with E-state index in [4.69, 9.17) is 34.8 Å². The molecule has 0 N–H and O–H groups in total. The van der Waals surface area contributed by atoms with Gasteiger partial charge in [-0.2, -0.15) is 0 Å². The quantitative estimate of drug-likeness (QED) is 0.673. The fraction of sp³-hybridized carbons (Fsp3) is 0.444. The van der Waals surface area contributed by atoms with E-state index in [9.17, 15) is 0 Å². The Labute approximate surface area is 104 Å². The highest BCUT2D eigenvalue weighted by atomic mass is 35.5. The van der Waals surface area contributed by atoms with E-state index in [1.165, 1.54) is 0 Å². The molecule has 0 unspecified atom stereocenters. The number of rotatable bonds is 0. The van der Waals surface area contributed by atoms with Crippen molar-refractivity contribution >= 4 is 46.3 Å². The predicted molar refractivity (Wildman–Crippen MR) is 65.8 cm³/mol. The van der Waals surface area contributed by atoms with Crippen molar-refractivity contribution in [1.29, 1.82) is 0 Å². The van der Waals surface area contributed by atoms with Gasteiger partial charge in [0.25, 0.3) is 0 Å². The zero-order valence-electron chi connectivity index (χ0n) is 8.39. The summed E-state index contributed by atoms with van der Waals surface area (Å²) in [5.41, 5.74) is 0.847. The van der Waals surface area contributed by atoms with Crippen molar-refractivity contribution in [3.8, 4) is 0 Å². The molecule has 1 aliphatic rings. The maximum absolute atomic E-state index is 6.15. The molecule has 0 atom stereocenters. The molecular formula is C9H10Cl3N3. The Bertz CT molecular complexity index is 408. The number of fused-ring (bicyclic) bond motifs is 1. The van der Waals surface area contributed by atoms with Gasteiger partial charge in [0.1, 0.15) is 5.69 Å². The van der Waals surface area contributed by atoms with Crippen LogP contribution in [0.25, 0.3) is 0 Å². The Kier molecular flexibility index (Phi) is 2.88. The standard InChI is InChI=1S/C9H10Cl3N3/c1-14-3-4-15(2)9-7(14)5(10)6(11)8(12)13-9/h3-4H2,1-2H3. The Morgan fingerprint density at radius 1 is 1.00 bits per heavy atom. The van der Waals surface area contributed by atoms with Gasteiger partial charge in [0.15, 0.2) is 11.0 Å². The van der Waals surface area contributed by atoms with Crippen LogP contribution in [-0.4, -0.2) is 32.2 Å². The Morgan fingerprint density at radius 3 is 2.27 bits per heavy atom. The molecular weight excluding hydrogens is 256 g/mol. The summed E-state index contributed by atoms with van der Waals surface area (Å²) in [5.74, 6) is 0.781. The Balaban J connectivity index is 2.68. The summed E-state index contributed by atoms with van der Waals surface area (Å²) in [6.45, 7) is 1.79. The van der Waals surface area contributed by atoms with Crippen LogP contribution in [0.1, 0.15) is 0 Å². The second-order valence-electron chi connectivity index (χ2n) is 3.55. The van der Waals surface area contributed by atoms with Gasteiger partial charge in [0, 0.05) is 27.2 Å². The molecule has 0 spiro atoms. The minimum atomic E-state index is 0.252. The van der Waals surface area contributed by atoms with E-state index in [0.717, 1.165) is 24.6 Å². The first kappa shape index (κ1) is 11.1. The van der Waals surface area contributed by atoms with Gasteiger partial charge in [-0.15, -0.1) is 0 Å². The number of aromatic nitrogens is 1. The third-order valence-electron chi connectivity index (χ3n) is 2.51. The summed E-state index contributed by atoms with van der Waals surface area (Å²) in [7, 11) is 3.92. The second kappa shape index (κ2) is 3.89. The molecule has 0 amide bonds. The van der Waals surface area contributed by atoms with Crippen molar-refractivity contribution in [3.05, 3.63) is 15.2 Å². The largest absolute Gasteiger partial charge is 0.369 e. The van der Waals surface area contributed by atoms with Crippen molar-refractivity contribution in [2.24, 2.45) is 0 Å². The third kappa shape index (κ3) is 1.73. The van der Waals surface area contributed by atoms with Gasteiger partial charge in [0.2, 0.25) is 0 Å². The normalized spacial score (nSPS) is 15.5. The number of nitrogens with zero attached hydrogens (tertiary/aromatic N) is 3. The van der Waals surface area contributed by atoms with Crippen LogP contribution in [0.3, 0.4) is 0 Å². The average molecular weight is 267 g/mol. The van der Waals surface area contributed by atoms with Crippen molar-refractivity contribution in [2.45, 2.75) is 0 Å². The highest BCUT2D eigenvalue weighted by Crippen LogP contribution is 2.43. The molecule has 2 heterocycles. The van der Waals surface area contributed by atoms with Gasteiger partial charge in [0.05, 0.1) is 10.0 Å². The van der Waals surface area contributed by atoms with Crippen LogP contribution in [0.5, 0.6) is 0 Å². The van der Waals surface area contributed by atoms with Crippen LogP contribution < -0.4 is 9.80 Å². The van der Waals surface area contributed by atoms with Gasteiger partial charge >= 0.3 is 0 Å². The summed E-state index contributed by atoms with van der Waals surface area (Å²) in [4.78, 5) is 8.29. The first-order valence-electron chi connectivity index (χ1n) is 4.49. The molecule has 6 heteroatoms. The molecule has 0 aromatic carbocycles. The summed E-state index contributed by atoms with van der Waals surface area (Å²) in [6, 6.07) is 0. The summed E-state index contributed by atoms with van der Waals surface area (Å²) in [5, 5.41) is 1.04. The predicted octanol–water partition coefficient (Wildman–Crippen LogP) is 2.93. The fourth-order valence-corrected chi connectivity index (χ4v) is 2.28. The van der Waals surface area contributed by atoms with E-state index in [2.05, 4.69) is 4.98 Å². The highest BCUT2D eigenvalue weighted by molar-refractivity contribution is 6.49. The lowest BCUT2D eigenvalue weighted by Gasteiger charge is -2.34. The minimum Gasteiger partial charge on any atom is -0.369 e. The van der Waals surface area contributed by atoms with E-state index >= 15 is 0 Å². The van der Waals surface area contributed by atoms with Crippen LogP contribution in [0.2, 0.25) is 15.2 Å². The smallest absolute Gasteiger partial charge is 0.155 e. The number of anilines is 2. The van der Waals surface area contributed by atoms with Crippen LogP contribution in [-0.2, 0) is 0 Å². The second-order valence-corrected chi connectivity index (χ2v) is 4.66. The first-order valence-corrected chi connectivity index (χ1v) is 5.62. The fourth-order valence-electron chi connectivity index (χ4n) is 1.61. The monoisotopic (exact) mass is 265 g/mol. The average Bonchev–Trinajstić information content (AvgIpc) is 2.20. The van der Waals surface area contributed by atoms with Crippen molar-refractivity contribution < 1.29 is 0 Å². The lowest BCUT2D eigenvalue weighted by molar-refractivity contribution is 0.783. The van der Waals surface area contributed by atoms with E-state index in [1.807, 2.05) is 23.9 Å². The van der Waals surface area contributed by atoms with Gasteiger partial charge in [-0.3, -0.25) is 0 Å². The van der Waals surface area contributed by atoms with E-state index < -0.39 is 0 Å². The Morgan fingerprint density at radius 2 is 1.60 bits per heavy atom. The first-order chi connectivity index (χ1) is 7.02. The summed E-state index contributed by atoms with van der Waals surface area (Å²) >= 11 is 18.0. The van der Waals surface area contributed by atoms with Crippen LogP contribution >= 0.6 is 34.8 Å². The zero-order valence-corrected chi connectivity index (χ0v) is 10.7. The third-order valence-corrected chi connectivity index (χ3v) is 3.71. The van der Waals surface area contributed by atoms with E-state index in [-0.39, 0.29) is 5.15 Å². The molecule has 1 aromatic heterocycles. The zero-order chi connectivity index (χ0) is 11.2. The van der Waals surface area contributed by atoms with E-state index in [1.54, 1.807) is 0 Å². The van der Waals surface area contributed by atoms with Crippen molar-refractivity contribution in [2.75, 3.05) is 37.0 Å². The SMILES string of the molecule is CN1CCN(C)c2c1nc(Cl)c(Cl)c2Cl. The molecule has 1 aliphatic heterocycles. The number of hydrogen-bond acceptors (Lipinski definition) is 3. The van der Waals surface area contributed by atoms with Crippen molar-refractivity contribution in [3.63, 3.8) is 0 Å². The minimum absolute atomic E-state index is 0.252. The molecule has 1 aromatic rings. The van der Waals surface area contributed by atoms with Crippen molar-refractivity contribution in [1.82, 2.24) is 4.98 Å². The van der Waals surface area contributed by atoms with Gasteiger partial charge in [-0.05, 0) is 0 Å². The van der Waals surface area contributed by atoms with Crippen LogP contribution in [0, 0.1) is 0 Å². The van der Waals surface area contributed by atoms with E-state index in [0.29, 0.717) is 10.0 Å². The molecule has 0 radical (unpaired) electrons. The summed E-state index contributed by atoms with van der Waals surface area (Å²) in [6.07, 6.45) is 0. The maximum Gasteiger partial charge on any atom is 0.155 e. The maximum atomic E-state index is 6.15. The lowest BCUT2D eigenvalue weighted by Crippen LogP contribution is -2.37. The van der Waals surface area contributed by atoms with Crippen LogP contribution in [0.4, 0.5) is 11.5 Å². The highest BCUT2D eigenvalue weighted by Gasteiger charge is 2.25. The number of hydrogen-bond donors (Lipinski definition) is 0. The lowest BCUT2D eigenvalue weighted by atomic mass is 10.2.